The summed E-state index contributed by atoms with van der Waals surface area (Å²) in [6.45, 7) is 2.72. The summed E-state index contributed by atoms with van der Waals surface area (Å²) in [6.07, 6.45) is 1.86. The van der Waals surface area contributed by atoms with Gasteiger partial charge in [0, 0.05) is 21.2 Å². The Morgan fingerprint density at radius 2 is 2.29 bits per heavy atom. The molecule has 0 atom stereocenters. The van der Waals surface area contributed by atoms with Gasteiger partial charge in [0.25, 0.3) is 0 Å². The van der Waals surface area contributed by atoms with Gasteiger partial charge in [-0.25, -0.2) is 4.98 Å². The lowest BCUT2D eigenvalue weighted by Crippen LogP contribution is -1.99. The summed E-state index contributed by atoms with van der Waals surface area (Å²) in [5.41, 5.74) is 1.56. The monoisotopic (exact) mass is 307 g/mol. The predicted molar refractivity (Wildman–Crippen MR) is 73.0 cm³/mol. The van der Waals surface area contributed by atoms with Crippen LogP contribution in [0.25, 0.3) is 0 Å². The SMILES string of the molecule is Cc1cnc(CNc2cc(Br)cc(C#N)c2)s1. The Balaban J connectivity index is 2.09. The molecule has 0 radical (unpaired) electrons. The maximum absolute atomic E-state index is 8.87. The minimum atomic E-state index is 0.636. The molecule has 0 aliphatic carbocycles. The number of nitrogens with zero attached hydrogens (tertiary/aromatic N) is 2. The van der Waals surface area contributed by atoms with Crippen LogP contribution < -0.4 is 5.32 Å². The van der Waals surface area contributed by atoms with Crippen LogP contribution in [0.1, 0.15) is 15.4 Å². The van der Waals surface area contributed by atoms with Gasteiger partial charge in [-0.1, -0.05) is 15.9 Å². The van der Waals surface area contributed by atoms with E-state index >= 15 is 0 Å². The van der Waals surface area contributed by atoms with Crippen LogP contribution in [0.3, 0.4) is 0 Å². The van der Waals surface area contributed by atoms with Crippen LogP contribution in [-0.4, -0.2) is 4.98 Å². The third-order valence-electron chi connectivity index (χ3n) is 2.14. The molecule has 1 heterocycles. The number of nitrogens with one attached hydrogen (secondary N) is 1. The summed E-state index contributed by atoms with van der Waals surface area (Å²) in [4.78, 5) is 5.48. The Morgan fingerprint density at radius 1 is 1.47 bits per heavy atom. The number of aryl methyl sites for hydroxylation is 1. The highest BCUT2D eigenvalue weighted by molar-refractivity contribution is 9.10. The van der Waals surface area contributed by atoms with Gasteiger partial charge in [0.1, 0.15) is 5.01 Å². The molecule has 3 nitrogen and oxygen atoms in total. The first kappa shape index (κ1) is 12.1. The molecule has 2 aromatic rings. The lowest BCUT2D eigenvalue weighted by molar-refractivity contribution is 1.10. The molecule has 0 bridgehead atoms. The van der Waals surface area contributed by atoms with E-state index in [1.54, 1.807) is 17.4 Å². The molecule has 0 aliphatic rings. The fourth-order valence-corrected chi connectivity index (χ4v) is 2.64. The molecule has 1 N–H and O–H groups in total. The van der Waals surface area contributed by atoms with E-state index in [0.717, 1.165) is 15.2 Å². The van der Waals surface area contributed by atoms with Crippen molar-refractivity contribution in [2.45, 2.75) is 13.5 Å². The number of anilines is 1. The van der Waals surface area contributed by atoms with E-state index < -0.39 is 0 Å². The second kappa shape index (κ2) is 5.30. The van der Waals surface area contributed by atoms with Crippen LogP contribution in [0.5, 0.6) is 0 Å². The Bertz CT molecular complexity index is 571. The molecule has 1 aromatic heterocycles. The Labute approximate surface area is 112 Å². The van der Waals surface area contributed by atoms with Gasteiger partial charge in [0.15, 0.2) is 0 Å². The molecule has 5 heteroatoms. The van der Waals surface area contributed by atoms with Crippen molar-refractivity contribution in [2.24, 2.45) is 0 Å². The first-order valence-electron chi connectivity index (χ1n) is 5.03. The maximum atomic E-state index is 8.87. The minimum Gasteiger partial charge on any atom is -0.378 e. The second-order valence-corrected chi connectivity index (χ2v) is 5.79. The number of hydrogen-bond donors (Lipinski definition) is 1. The highest BCUT2D eigenvalue weighted by atomic mass is 79.9. The average molecular weight is 308 g/mol. The predicted octanol–water partition coefficient (Wildman–Crippen LogP) is 3.70. The standard InChI is InChI=1S/C12H10BrN3S/c1-8-6-16-12(17-8)7-15-11-3-9(5-14)2-10(13)4-11/h2-4,6,15H,7H2,1H3. The van der Waals surface area contributed by atoms with Crippen molar-refractivity contribution >= 4 is 33.0 Å². The molecular weight excluding hydrogens is 298 g/mol. The van der Waals surface area contributed by atoms with E-state index in [-0.39, 0.29) is 0 Å². The number of thiazole rings is 1. The molecule has 2 rings (SSSR count). The zero-order valence-corrected chi connectivity index (χ0v) is 11.6. The van der Waals surface area contributed by atoms with E-state index in [1.807, 2.05) is 25.3 Å². The number of nitriles is 1. The summed E-state index contributed by atoms with van der Waals surface area (Å²) in [5, 5.41) is 13.2. The number of hydrogen-bond acceptors (Lipinski definition) is 4. The van der Waals surface area contributed by atoms with Crippen molar-refractivity contribution in [3.8, 4) is 6.07 Å². The Morgan fingerprint density at radius 3 is 2.94 bits per heavy atom. The zero-order chi connectivity index (χ0) is 12.3. The van der Waals surface area contributed by atoms with Crippen molar-refractivity contribution < 1.29 is 0 Å². The minimum absolute atomic E-state index is 0.636. The van der Waals surface area contributed by atoms with E-state index in [4.69, 9.17) is 5.26 Å². The van der Waals surface area contributed by atoms with Crippen LogP contribution in [0.4, 0.5) is 5.69 Å². The largest absolute Gasteiger partial charge is 0.378 e. The lowest BCUT2D eigenvalue weighted by Gasteiger charge is -2.05. The van der Waals surface area contributed by atoms with Gasteiger partial charge >= 0.3 is 0 Å². The summed E-state index contributed by atoms with van der Waals surface area (Å²) in [7, 11) is 0. The van der Waals surface area contributed by atoms with Gasteiger partial charge in [0.2, 0.25) is 0 Å². The average Bonchev–Trinajstić information content (AvgIpc) is 2.72. The number of aromatic nitrogens is 1. The highest BCUT2D eigenvalue weighted by Gasteiger charge is 2.01. The van der Waals surface area contributed by atoms with Gasteiger partial charge < -0.3 is 5.32 Å². The van der Waals surface area contributed by atoms with Crippen LogP contribution >= 0.6 is 27.3 Å². The van der Waals surface area contributed by atoms with Crippen molar-refractivity contribution in [2.75, 3.05) is 5.32 Å². The quantitative estimate of drug-likeness (QED) is 0.940. The van der Waals surface area contributed by atoms with E-state index in [2.05, 4.69) is 32.3 Å². The van der Waals surface area contributed by atoms with Gasteiger partial charge in [-0.05, 0) is 25.1 Å². The molecular formula is C12H10BrN3S. The van der Waals surface area contributed by atoms with E-state index in [0.29, 0.717) is 12.1 Å². The third-order valence-corrected chi connectivity index (χ3v) is 3.51. The van der Waals surface area contributed by atoms with Crippen molar-refractivity contribution in [3.05, 3.63) is 44.3 Å². The summed E-state index contributed by atoms with van der Waals surface area (Å²) in [5.74, 6) is 0. The third kappa shape index (κ3) is 3.29. The van der Waals surface area contributed by atoms with E-state index in [1.165, 1.54) is 4.88 Å². The van der Waals surface area contributed by atoms with Gasteiger partial charge in [-0.15, -0.1) is 11.3 Å². The fraction of sp³-hybridized carbons (Fsp3) is 0.167. The van der Waals surface area contributed by atoms with Crippen LogP contribution in [0, 0.1) is 18.3 Å². The molecule has 0 spiro atoms. The zero-order valence-electron chi connectivity index (χ0n) is 9.20. The topological polar surface area (TPSA) is 48.7 Å². The number of benzene rings is 1. The number of halogens is 1. The van der Waals surface area contributed by atoms with Gasteiger partial charge in [0.05, 0.1) is 18.2 Å². The van der Waals surface area contributed by atoms with Crippen LogP contribution in [0.15, 0.2) is 28.9 Å². The maximum Gasteiger partial charge on any atom is 0.112 e. The highest BCUT2D eigenvalue weighted by Crippen LogP contribution is 2.20. The van der Waals surface area contributed by atoms with Crippen LogP contribution in [-0.2, 0) is 6.54 Å². The molecule has 0 amide bonds. The molecule has 0 saturated heterocycles. The van der Waals surface area contributed by atoms with Crippen molar-refractivity contribution in [1.82, 2.24) is 4.98 Å². The molecule has 86 valence electrons. The molecule has 0 unspecified atom stereocenters. The van der Waals surface area contributed by atoms with Gasteiger partial charge in [-0.3, -0.25) is 0 Å². The van der Waals surface area contributed by atoms with Crippen molar-refractivity contribution in [1.29, 1.82) is 5.26 Å². The summed E-state index contributed by atoms with van der Waals surface area (Å²) < 4.78 is 0.898. The first-order chi connectivity index (χ1) is 8.17. The molecule has 0 aliphatic heterocycles. The Hall–Kier alpha value is -1.38. The lowest BCUT2D eigenvalue weighted by atomic mass is 10.2. The van der Waals surface area contributed by atoms with E-state index in [9.17, 15) is 0 Å². The van der Waals surface area contributed by atoms with Crippen LogP contribution in [0.2, 0.25) is 0 Å². The summed E-state index contributed by atoms with van der Waals surface area (Å²) >= 11 is 5.05. The smallest absolute Gasteiger partial charge is 0.112 e. The Kier molecular flexibility index (Phi) is 3.77. The van der Waals surface area contributed by atoms with Crippen molar-refractivity contribution in [3.63, 3.8) is 0 Å². The second-order valence-electron chi connectivity index (χ2n) is 3.56. The first-order valence-corrected chi connectivity index (χ1v) is 6.64. The normalized spacial score (nSPS) is 9.94. The van der Waals surface area contributed by atoms with Gasteiger partial charge in [-0.2, -0.15) is 5.26 Å². The molecule has 0 saturated carbocycles. The fourth-order valence-electron chi connectivity index (χ4n) is 1.42. The number of rotatable bonds is 3. The summed E-state index contributed by atoms with van der Waals surface area (Å²) in [6, 6.07) is 7.69. The molecule has 1 aromatic carbocycles. The molecule has 0 fully saturated rings. The molecule has 17 heavy (non-hydrogen) atoms.